The summed E-state index contributed by atoms with van der Waals surface area (Å²) in [5, 5.41) is 9.12. The molecule has 0 amide bonds. The number of nitrogens with two attached hydrogens (primary N) is 1. The first-order valence-electron chi connectivity index (χ1n) is 11.3. The second-order valence-corrected chi connectivity index (χ2v) is 8.15. The van der Waals surface area contributed by atoms with E-state index < -0.39 is 0 Å². The molecule has 2 N–H and O–H groups in total. The molecule has 0 aliphatic heterocycles. The summed E-state index contributed by atoms with van der Waals surface area (Å²) in [5.74, 6) is 0. The fourth-order valence-electron chi connectivity index (χ4n) is 3.68. The van der Waals surface area contributed by atoms with Gasteiger partial charge in [0.25, 0.3) is 0 Å². The van der Waals surface area contributed by atoms with Crippen LogP contribution in [0.3, 0.4) is 0 Å². The number of hydrogen-bond acceptors (Lipinski definition) is 2. The molecule has 0 saturated heterocycles. The molecule has 2 nitrogen and oxygen atoms in total. The maximum atomic E-state index is 9.12. The van der Waals surface area contributed by atoms with Gasteiger partial charge in [-0.1, -0.05) is 117 Å². The van der Waals surface area contributed by atoms with E-state index in [-0.39, 0.29) is 5.54 Å². The van der Waals surface area contributed by atoms with E-state index >= 15 is 0 Å². The van der Waals surface area contributed by atoms with Crippen LogP contribution in [0, 0.1) is 11.3 Å². The van der Waals surface area contributed by atoms with Crippen molar-refractivity contribution >= 4 is 0 Å². The Labute approximate surface area is 159 Å². The second-order valence-electron chi connectivity index (χ2n) is 8.15. The van der Waals surface area contributed by atoms with Gasteiger partial charge in [0, 0.05) is 5.54 Å². The fraction of sp³-hybridized carbons (Fsp3) is 0.957. The van der Waals surface area contributed by atoms with Crippen LogP contribution in [-0.4, -0.2) is 5.54 Å². The van der Waals surface area contributed by atoms with E-state index in [9.17, 15) is 0 Å². The van der Waals surface area contributed by atoms with Crippen molar-refractivity contribution < 1.29 is 0 Å². The molecule has 0 atom stereocenters. The minimum absolute atomic E-state index is 0.223. The molecule has 0 aromatic carbocycles. The van der Waals surface area contributed by atoms with Crippen LogP contribution in [0.1, 0.15) is 136 Å². The van der Waals surface area contributed by atoms with Crippen molar-refractivity contribution in [3.63, 3.8) is 0 Å². The van der Waals surface area contributed by atoms with Crippen molar-refractivity contribution in [2.45, 2.75) is 141 Å². The lowest BCUT2D eigenvalue weighted by Gasteiger charge is -2.27. The van der Waals surface area contributed by atoms with Gasteiger partial charge >= 0.3 is 0 Å². The Morgan fingerprint density at radius 2 is 0.920 bits per heavy atom. The summed E-state index contributed by atoms with van der Waals surface area (Å²) in [7, 11) is 0. The molecule has 0 saturated carbocycles. The maximum absolute atomic E-state index is 9.12. The van der Waals surface area contributed by atoms with E-state index in [1.165, 1.54) is 103 Å². The van der Waals surface area contributed by atoms with E-state index in [0.717, 1.165) is 12.8 Å². The van der Waals surface area contributed by atoms with E-state index in [1.807, 2.05) is 0 Å². The maximum Gasteiger partial charge on any atom is 0.0641 e. The largest absolute Gasteiger partial charge is 0.324 e. The molecule has 0 radical (unpaired) electrons. The van der Waals surface area contributed by atoms with Gasteiger partial charge in [0.1, 0.15) is 0 Å². The van der Waals surface area contributed by atoms with Gasteiger partial charge in [-0.2, -0.15) is 5.26 Å². The zero-order chi connectivity index (χ0) is 18.6. The third kappa shape index (κ3) is 16.7. The van der Waals surface area contributed by atoms with Crippen molar-refractivity contribution in [3.8, 4) is 6.07 Å². The van der Waals surface area contributed by atoms with Gasteiger partial charge < -0.3 is 5.73 Å². The van der Waals surface area contributed by atoms with Crippen LogP contribution in [0.15, 0.2) is 0 Å². The predicted molar refractivity (Wildman–Crippen MR) is 112 cm³/mol. The topological polar surface area (TPSA) is 49.8 Å². The molecule has 0 unspecified atom stereocenters. The summed E-state index contributed by atoms with van der Waals surface area (Å²) < 4.78 is 0. The molecule has 0 aromatic rings. The van der Waals surface area contributed by atoms with Gasteiger partial charge in [0.15, 0.2) is 0 Å². The lowest BCUT2D eigenvalue weighted by molar-refractivity contribution is 0.340. The Bertz CT molecular complexity index is 286. The average molecular weight is 351 g/mol. The minimum Gasteiger partial charge on any atom is -0.324 e. The Kier molecular flexibility index (Phi) is 17.8. The van der Waals surface area contributed by atoms with Crippen LogP contribution in [0.4, 0.5) is 0 Å². The summed E-state index contributed by atoms with van der Waals surface area (Å²) in [6.07, 6.45) is 23.9. The Hall–Kier alpha value is -0.550. The summed E-state index contributed by atoms with van der Waals surface area (Å²) in [6, 6.07) is 2.33. The number of nitrogens with zero attached hydrogens (tertiary/aromatic N) is 1. The van der Waals surface area contributed by atoms with Crippen LogP contribution < -0.4 is 5.73 Å². The molecule has 0 fully saturated rings. The number of hydrogen-bond donors (Lipinski definition) is 1. The molecule has 0 bridgehead atoms. The van der Waals surface area contributed by atoms with Gasteiger partial charge in [0.05, 0.1) is 12.5 Å². The van der Waals surface area contributed by atoms with Gasteiger partial charge in [-0.3, -0.25) is 0 Å². The highest BCUT2D eigenvalue weighted by Gasteiger charge is 2.23. The van der Waals surface area contributed by atoms with Crippen LogP contribution >= 0.6 is 0 Å². The molecule has 0 aromatic heterocycles. The van der Waals surface area contributed by atoms with Gasteiger partial charge in [-0.15, -0.1) is 0 Å². The second kappa shape index (κ2) is 18.2. The van der Waals surface area contributed by atoms with Crippen molar-refractivity contribution in [3.05, 3.63) is 0 Å². The normalized spacial score (nSPS) is 11.6. The smallest absolute Gasteiger partial charge is 0.0641 e. The molecule has 148 valence electrons. The Morgan fingerprint density at radius 1 is 0.600 bits per heavy atom. The molecule has 0 heterocycles. The average Bonchev–Trinajstić information content (AvgIpc) is 2.60. The lowest BCUT2D eigenvalue weighted by Crippen LogP contribution is -2.39. The molecular formula is C23H46N2. The van der Waals surface area contributed by atoms with Crippen molar-refractivity contribution in [1.82, 2.24) is 0 Å². The zero-order valence-electron chi connectivity index (χ0n) is 17.5. The molecule has 25 heavy (non-hydrogen) atoms. The number of unbranched alkanes of at least 4 members (excludes halogenated alkanes) is 14. The predicted octanol–water partition coefficient (Wildman–Crippen LogP) is 7.66. The molecule has 0 rings (SSSR count). The zero-order valence-corrected chi connectivity index (χ0v) is 17.5. The molecule has 0 aliphatic rings. The highest BCUT2D eigenvalue weighted by Crippen LogP contribution is 2.24. The third-order valence-electron chi connectivity index (χ3n) is 5.49. The Balaban J connectivity index is 3.68. The van der Waals surface area contributed by atoms with Crippen LogP contribution in [0.25, 0.3) is 0 Å². The number of rotatable bonds is 19. The van der Waals surface area contributed by atoms with E-state index in [1.54, 1.807) is 0 Å². The standard InChI is InChI=1S/C23H46N2/c1-3-5-7-9-11-13-15-17-19-23(25,21-22-24)20-18-16-14-12-10-8-6-4-2/h3-21,25H2,1-2H3. The molecule has 0 aliphatic carbocycles. The van der Waals surface area contributed by atoms with E-state index in [0.29, 0.717) is 6.42 Å². The van der Waals surface area contributed by atoms with Gasteiger partial charge in [0.2, 0.25) is 0 Å². The molecule has 2 heteroatoms. The lowest BCUT2D eigenvalue weighted by atomic mass is 9.85. The third-order valence-corrected chi connectivity index (χ3v) is 5.49. The SMILES string of the molecule is CCCCCCCCCCC(N)(CC#N)CCCCCCCCCC. The van der Waals surface area contributed by atoms with Gasteiger partial charge in [-0.25, -0.2) is 0 Å². The highest BCUT2D eigenvalue weighted by molar-refractivity contribution is 4.92. The first-order chi connectivity index (χ1) is 12.2. The molecular weight excluding hydrogens is 304 g/mol. The number of nitriles is 1. The minimum atomic E-state index is -0.223. The summed E-state index contributed by atoms with van der Waals surface area (Å²) in [6.45, 7) is 4.53. The van der Waals surface area contributed by atoms with Crippen molar-refractivity contribution in [2.75, 3.05) is 0 Å². The van der Waals surface area contributed by atoms with Crippen molar-refractivity contribution in [2.24, 2.45) is 5.73 Å². The monoisotopic (exact) mass is 350 g/mol. The van der Waals surface area contributed by atoms with E-state index in [2.05, 4.69) is 19.9 Å². The van der Waals surface area contributed by atoms with Crippen LogP contribution in [0.5, 0.6) is 0 Å². The van der Waals surface area contributed by atoms with E-state index in [4.69, 9.17) is 11.0 Å². The summed E-state index contributed by atoms with van der Waals surface area (Å²) in [4.78, 5) is 0. The van der Waals surface area contributed by atoms with Crippen LogP contribution in [0.2, 0.25) is 0 Å². The summed E-state index contributed by atoms with van der Waals surface area (Å²) >= 11 is 0. The molecule has 0 spiro atoms. The quantitative estimate of drug-likeness (QED) is 0.243. The highest BCUT2D eigenvalue weighted by atomic mass is 14.7. The summed E-state index contributed by atoms with van der Waals surface area (Å²) in [5.41, 5.74) is 6.32. The van der Waals surface area contributed by atoms with Gasteiger partial charge in [-0.05, 0) is 12.8 Å². The Morgan fingerprint density at radius 3 is 1.24 bits per heavy atom. The fourth-order valence-corrected chi connectivity index (χ4v) is 3.68. The van der Waals surface area contributed by atoms with Crippen molar-refractivity contribution in [1.29, 1.82) is 5.26 Å². The first kappa shape index (κ1) is 24.5. The first-order valence-corrected chi connectivity index (χ1v) is 11.3. The van der Waals surface area contributed by atoms with Crippen LogP contribution in [-0.2, 0) is 0 Å².